The van der Waals surface area contributed by atoms with E-state index in [-0.39, 0.29) is 0 Å². The molecule has 0 aromatic heterocycles. The van der Waals surface area contributed by atoms with E-state index in [9.17, 15) is 9.59 Å². The Morgan fingerprint density at radius 3 is 2.60 bits per heavy atom. The highest BCUT2D eigenvalue weighted by atomic mass is 32.2. The molecule has 2 amide bonds. The molecule has 15 heavy (non-hydrogen) atoms. The molecule has 0 saturated carbocycles. The predicted octanol–water partition coefficient (Wildman–Crippen LogP) is 0.902. The van der Waals surface area contributed by atoms with Crippen LogP contribution in [0, 0.1) is 0 Å². The van der Waals surface area contributed by atoms with Crippen molar-refractivity contribution in [1.82, 2.24) is 10.6 Å². The predicted molar refractivity (Wildman–Crippen MR) is 61.2 cm³/mol. The molecule has 88 valence electrons. The Bertz CT molecular complexity index is 212. The maximum Gasteiger partial charge on any atom is 0.325 e. The van der Waals surface area contributed by atoms with Crippen LogP contribution in [0.25, 0.3) is 0 Å². The van der Waals surface area contributed by atoms with Crippen molar-refractivity contribution < 1.29 is 14.7 Å². The van der Waals surface area contributed by atoms with Gasteiger partial charge in [-0.05, 0) is 31.8 Å². The molecule has 1 unspecified atom stereocenters. The summed E-state index contributed by atoms with van der Waals surface area (Å²) < 4.78 is 0. The van der Waals surface area contributed by atoms with Crippen LogP contribution in [0.5, 0.6) is 0 Å². The van der Waals surface area contributed by atoms with Crippen LogP contribution >= 0.6 is 11.8 Å². The zero-order chi connectivity index (χ0) is 11.7. The Morgan fingerprint density at radius 1 is 1.40 bits per heavy atom. The van der Waals surface area contributed by atoms with Crippen LogP contribution in [0.4, 0.5) is 4.79 Å². The molecule has 0 bridgehead atoms. The van der Waals surface area contributed by atoms with E-state index < -0.39 is 18.0 Å². The van der Waals surface area contributed by atoms with Gasteiger partial charge in [0.2, 0.25) is 0 Å². The number of carbonyl (C=O) groups is 2. The van der Waals surface area contributed by atoms with E-state index in [1.54, 1.807) is 11.8 Å². The minimum atomic E-state index is -1.03. The van der Waals surface area contributed by atoms with Gasteiger partial charge in [-0.2, -0.15) is 11.8 Å². The van der Waals surface area contributed by atoms with E-state index in [4.69, 9.17) is 5.11 Å². The van der Waals surface area contributed by atoms with Gasteiger partial charge in [0.1, 0.15) is 6.04 Å². The van der Waals surface area contributed by atoms with Gasteiger partial charge in [-0.25, -0.2) is 4.79 Å². The molecule has 1 atom stereocenters. The van der Waals surface area contributed by atoms with Crippen molar-refractivity contribution >= 4 is 23.8 Å². The normalized spacial score (nSPS) is 11.9. The van der Waals surface area contributed by atoms with Crippen LogP contribution in [-0.4, -0.2) is 41.7 Å². The number of carboxylic acids is 1. The molecule has 6 heteroatoms. The standard InChI is InChI=1S/C9H18N2O3S/c1-7(8(12)13)11-9(14)10-5-3-4-6-15-2/h7H,3-6H2,1-2H3,(H,12,13)(H2,10,11,14). The van der Waals surface area contributed by atoms with Gasteiger partial charge in [0.25, 0.3) is 0 Å². The average molecular weight is 234 g/mol. The van der Waals surface area contributed by atoms with E-state index >= 15 is 0 Å². The highest BCUT2D eigenvalue weighted by molar-refractivity contribution is 7.98. The second kappa shape index (κ2) is 8.40. The fourth-order valence-electron chi connectivity index (χ4n) is 0.883. The van der Waals surface area contributed by atoms with Crippen molar-refractivity contribution in [1.29, 1.82) is 0 Å². The monoisotopic (exact) mass is 234 g/mol. The Kier molecular flexibility index (Phi) is 7.89. The molecule has 0 aliphatic carbocycles. The van der Waals surface area contributed by atoms with Crippen molar-refractivity contribution in [2.45, 2.75) is 25.8 Å². The summed E-state index contributed by atoms with van der Waals surface area (Å²) in [6.07, 6.45) is 4.00. The lowest BCUT2D eigenvalue weighted by atomic mass is 10.3. The van der Waals surface area contributed by atoms with Crippen LogP contribution in [0.15, 0.2) is 0 Å². The molecule has 0 aliphatic heterocycles. The van der Waals surface area contributed by atoms with Crippen LogP contribution < -0.4 is 10.6 Å². The molecule has 0 spiro atoms. The van der Waals surface area contributed by atoms with Crippen molar-refractivity contribution in [3.8, 4) is 0 Å². The first kappa shape index (κ1) is 14.1. The first-order valence-electron chi connectivity index (χ1n) is 4.84. The van der Waals surface area contributed by atoms with Crippen molar-refractivity contribution in [3.63, 3.8) is 0 Å². The number of aliphatic carboxylic acids is 1. The van der Waals surface area contributed by atoms with Crippen molar-refractivity contribution in [3.05, 3.63) is 0 Å². The minimum absolute atomic E-state index is 0.422. The highest BCUT2D eigenvalue weighted by Gasteiger charge is 2.12. The molecule has 0 aliphatic rings. The lowest BCUT2D eigenvalue weighted by molar-refractivity contribution is -0.138. The van der Waals surface area contributed by atoms with E-state index in [2.05, 4.69) is 10.6 Å². The number of hydrogen-bond acceptors (Lipinski definition) is 3. The Balaban J connectivity index is 3.45. The van der Waals surface area contributed by atoms with Crippen LogP contribution in [-0.2, 0) is 4.79 Å². The van der Waals surface area contributed by atoms with Gasteiger partial charge >= 0.3 is 12.0 Å². The second-order valence-electron chi connectivity index (χ2n) is 3.16. The van der Waals surface area contributed by atoms with Gasteiger partial charge in [0.05, 0.1) is 0 Å². The smallest absolute Gasteiger partial charge is 0.325 e. The second-order valence-corrected chi connectivity index (χ2v) is 4.15. The lowest BCUT2D eigenvalue weighted by Gasteiger charge is -2.10. The number of thioether (sulfide) groups is 1. The number of carbonyl (C=O) groups excluding carboxylic acids is 1. The van der Waals surface area contributed by atoms with Crippen molar-refractivity contribution in [2.24, 2.45) is 0 Å². The number of rotatable bonds is 7. The Hall–Kier alpha value is -0.910. The number of nitrogens with one attached hydrogen (secondary N) is 2. The Labute approximate surface area is 94.0 Å². The largest absolute Gasteiger partial charge is 0.480 e. The maximum atomic E-state index is 11.1. The number of unbranched alkanes of at least 4 members (excludes halogenated alkanes) is 1. The summed E-state index contributed by atoms with van der Waals surface area (Å²) in [5, 5.41) is 13.4. The molecule has 0 fully saturated rings. The van der Waals surface area contributed by atoms with Gasteiger partial charge < -0.3 is 15.7 Å². The number of hydrogen-bond donors (Lipinski definition) is 3. The van der Waals surface area contributed by atoms with Crippen molar-refractivity contribution in [2.75, 3.05) is 18.6 Å². The molecule has 0 aromatic carbocycles. The lowest BCUT2D eigenvalue weighted by Crippen LogP contribution is -2.44. The molecule has 0 saturated heterocycles. The minimum Gasteiger partial charge on any atom is -0.480 e. The van der Waals surface area contributed by atoms with Crippen LogP contribution in [0.2, 0.25) is 0 Å². The van der Waals surface area contributed by atoms with E-state index in [0.717, 1.165) is 18.6 Å². The maximum absolute atomic E-state index is 11.1. The van der Waals surface area contributed by atoms with Crippen LogP contribution in [0.3, 0.4) is 0 Å². The molecular weight excluding hydrogens is 216 g/mol. The zero-order valence-corrected chi connectivity index (χ0v) is 9.89. The molecule has 0 rings (SSSR count). The summed E-state index contributed by atoms with van der Waals surface area (Å²) in [6.45, 7) is 2.01. The summed E-state index contributed by atoms with van der Waals surface area (Å²) in [7, 11) is 0. The van der Waals surface area contributed by atoms with Gasteiger partial charge in [0, 0.05) is 6.54 Å². The fraction of sp³-hybridized carbons (Fsp3) is 0.778. The van der Waals surface area contributed by atoms with Gasteiger partial charge in [-0.3, -0.25) is 4.79 Å². The molecule has 0 aromatic rings. The first-order chi connectivity index (χ1) is 7.07. The third-order valence-electron chi connectivity index (χ3n) is 1.78. The third kappa shape index (κ3) is 8.11. The van der Waals surface area contributed by atoms with Gasteiger partial charge in [-0.1, -0.05) is 0 Å². The number of carboxylic acid groups (broad SMARTS) is 1. The number of amides is 2. The molecule has 0 radical (unpaired) electrons. The third-order valence-corrected chi connectivity index (χ3v) is 2.48. The zero-order valence-electron chi connectivity index (χ0n) is 9.08. The molecule has 5 nitrogen and oxygen atoms in total. The summed E-state index contributed by atoms with van der Waals surface area (Å²) in [4.78, 5) is 21.5. The molecule has 0 heterocycles. The van der Waals surface area contributed by atoms with E-state index in [1.165, 1.54) is 6.92 Å². The Morgan fingerprint density at radius 2 is 2.07 bits per heavy atom. The SMILES string of the molecule is CSCCCCNC(=O)NC(C)C(=O)O. The summed E-state index contributed by atoms with van der Waals surface area (Å²) in [5.74, 6) is 0.0435. The summed E-state index contributed by atoms with van der Waals surface area (Å²) >= 11 is 1.77. The average Bonchev–Trinajstić information content (AvgIpc) is 2.17. The molecular formula is C9H18N2O3S. The molecule has 3 N–H and O–H groups in total. The highest BCUT2D eigenvalue weighted by Crippen LogP contribution is 1.97. The topological polar surface area (TPSA) is 78.4 Å². The van der Waals surface area contributed by atoms with Gasteiger partial charge in [0.15, 0.2) is 0 Å². The van der Waals surface area contributed by atoms with Gasteiger partial charge in [-0.15, -0.1) is 0 Å². The van der Waals surface area contributed by atoms with Crippen LogP contribution in [0.1, 0.15) is 19.8 Å². The fourth-order valence-corrected chi connectivity index (χ4v) is 1.38. The summed E-state index contributed by atoms with van der Waals surface area (Å²) in [5.41, 5.74) is 0. The van der Waals surface area contributed by atoms with E-state index in [0.29, 0.717) is 6.54 Å². The summed E-state index contributed by atoms with van der Waals surface area (Å²) in [6, 6.07) is -1.27. The number of urea groups is 1. The quantitative estimate of drug-likeness (QED) is 0.572. The first-order valence-corrected chi connectivity index (χ1v) is 6.23. The van der Waals surface area contributed by atoms with E-state index in [1.807, 2.05) is 6.26 Å².